The van der Waals surface area contributed by atoms with E-state index in [9.17, 15) is 4.79 Å². The zero-order valence-electron chi connectivity index (χ0n) is 16.3. The van der Waals surface area contributed by atoms with E-state index in [0.29, 0.717) is 12.3 Å². The molecule has 0 spiro atoms. The lowest BCUT2D eigenvalue weighted by atomic mass is 10.2. The van der Waals surface area contributed by atoms with Crippen molar-refractivity contribution in [2.75, 3.05) is 19.9 Å². The van der Waals surface area contributed by atoms with Crippen LogP contribution in [0.15, 0.2) is 59.8 Å². The summed E-state index contributed by atoms with van der Waals surface area (Å²) in [5.41, 5.74) is 2.08. The van der Waals surface area contributed by atoms with Crippen molar-refractivity contribution in [3.8, 4) is 17.1 Å². The Morgan fingerprint density at radius 3 is 2.46 bits per heavy atom. The molecule has 0 unspecified atom stereocenters. The van der Waals surface area contributed by atoms with Crippen molar-refractivity contribution in [3.05, 3.63) is 60.2 Å². The molecule has 0 fully saturated rings. The van der Waals surface area contributed by atoms with Gasteiger partial charge in [-0.25, -0.2) is 0 Å². The van der Waals surface area contributed by atoms with Crippen molar-refractivity contribution in [3.63, 3.8) is 0 Å². The third-order valence-corrected chi connectivity index (χ3v) is 5.35. The highest BCUT2D eigenvalue weighted by Crippen LogP contribution is 2.25. The van der Waals surface area contributed by atoms with Crippen LogP contribution in [0.1, 0.15) is 12.5 Å². The molecule has 0 saturated heterocycles. The van der Waals surface area contributed by atoms with Crippen LogP contribution in [-0.2, 0) is 17.9 Å². The fourth-order valence-corrected chi connectivity index (χ4v) is 3.76. The zero-order valence-corrected chi connectivity index (χ0v) is 17.1. The van der Waals surface area contributed by atoms with E-state index < -0.39 is 0 Å². The summed E-state index contributed by atoms with van der Waals surface area (Å²) in [7, 11) is 3.47. The van der Waals surface area contributed by atoms with Gasteiger partial charge in [-0.05, 0) is 36.8 Å². The minimum atomic E-state index is 0.0607. The lowest BCUT2D eigenvalue weighted by molar-refractivity contribution is -0.127. The van der Waals surface area contributed by atoms with E-state index >= 15 is 0 Å². The maximum atomic E-state index is 12.5. The van der Waals surface area contributed by atoms with E-state index in [4.69, 9.17) is 4.74 Å². The second-order valence-corrected chi connectivity index (χ2v) is 7.25. The van der Waals surface area contributed by atoms with Gasteiger partial charge in [-0.3, -0.25) is 4.79 Å². The van der Waals surface area contributed by atoms with Crippen LogP contribution in [-0.4, -0.2) is 45.5 Å². The molecule has 0 bridgehead atoms. The number of hydrogen-bond acceptors (Lipinski definition) is 5. The number of thioether (sulfide) groups is 1. The zero-order chi connectivity index (χ0) is 19.9. The fourth-order valence-electron chi connectivity index (χ4n) is 2.82. The molecule has 0 radical (unpaired) electrons. The van der Waals surface area contributed by atoms with Crippen molar-refractivity contribution in [1.82, 2.24) is 19.7 Å². The van der Waals surface area contributed by atoms with E-state index in [1.165, 1.54) is 11.8 Å². The lowest BCUT2D eigenvalue weighted by Gasteiger charge is -2.17. The molecule has 6 nitrogen and oxygen atoms in total. The molecule has 3 aromatic rings. The number of amides is 1. The first-order chi connectivity index (χ1) is 13.6. The molecule has 0 aliphatic rings. The summed E-state index contributed by atoms with van der Waals surface area (Å²) in [6.45, 7) is 3.37. The largest absolute Gasteiger partial charge is 0.497 e. The number of rotatable bonds is 8. The van der Waals surface area contributed by atoms with Crippen molar-refractivity contribution in [2.45, 2.75) is 25.2 Å². The maximum absolute atomic E-state index is 12.5. The molecule has 2 aromatic carbocycles. The molecule has 3 rings (SSSR count). The number of nitrogens with zero attached hydrogens (tertiary/aromatic N) is 4. The van der Waals surface area contributed by atoms with Crippen LogP contribution in [0.4, 0.5) is 0 Å². The van der Waals surface area contributed by atoms with Crippen LogP contribution in [0.2, 0.25) is 0 Å². The van der Waals surface area contributed by atoms with Crippen LogP contribution in [0.5, 0.6) is 5.75 Å². The SMILES string of the molecule is CCn1c(SCC(=O)N(C)Cc2ccccc2)nnc1-c1ccc(OC)cc1. The first-order valence-electron chi connectivity index (χ1n) is 9.10. The van der Waals surface area contributed by atoms with Gasteiger partial charge in [0.2, 0.25) is 5.91 Å². The predicted molar refractivity (Wildman–Crippen MR) is 111 cm³/mol. The van der Waals surface area contributed by atoms with E-state index in [1.54, 1.807) is 12.0 Å². The van der Waals surface area contributed by atoms with Gasteiger partial charge in [-0.1, -0.05) is 42.1 Å². The Balaban J connectivity index is 1.65. The number of hydrogen-bond donors (Lipinski definition) is 0. The Kier molecular flexibility index (Phi) is 6.71. The molecule has 0 aliphatic heterocycles. The topological polar surface area (TPSA) is 60.2 Å². The molecule has 7 heteroatoms. The number of ether oxygens (including phenoxy) is 1. The van der Waals surface area contributed by atoms with Gasteiger partial charge in [-0.2, -0.15) is 0 Å². The molecule has 0 aliphatic carbocycles. The Morgan fingerprint density at radius 2 is 1.82 bits per heavy atom. The van der Waals surface area contributed by atoms with E-state index in [1.807, 2.05) is 73.1 Å². The van der Waals surface area contributed by atoms with Crippen molar-refractivity contribution in [1.29, 1.82) is 0 Å². The minimum Gasteiger partial charge on any atom is -0.497 e. The number of aromatic nitrogens is 3. The van der Waals surface area contributed by atoms with Gasteiger partial charge in [0.05, 0.1) is 12.9 Å². The minimum absolute atomic E-state index is 0.0607. The molecular weight excluding hydrogens is 372 g/mol. The summed E-state index contributed by atoms with van der Waals surface area (Å²) in [5, 5.41) is 9.37. The van der Waals surface area contributed by atoms with Crippen LogP contribution in [0.3, 0.4) is 0 Å². The van der Waals surface area contributed by atoms with Crippen LogP contribution in [0.25, 0.3) is 11.4 Å². The van der Waals surface area contributed by atoms with Crippen LogP contribution < -0.4 is 4.74 Å². The molecule has 1 heterocycles. The normalized spacial score (nSPS) is 10.7. The Bertz CT molecular complexity index is 910. The molecule has 146 valence electrons. The Hall–Kier alpha value is -2.80. The maximum Gasteiger partial charge on any atom is 0.233 e. The number of carbonyl (C=O) groups excluding carboxylic acids is 1. The number of methoxy groups -OCH3 is 1. The third-order valence-electron chi connectivity index (χ3n) is 4.39. The number of carbonyl (C=O) groups is 1. The van der Waals surface area contributed by atoms with Gasteiger partial charge in [0.15, 0.2) is 11.0 Å². The molecule has 0 saturated carbocycles. The smallest absolute Gasteiger partial charge is 0.233 e. The van der Waals surface area contributed by atoms with E-state index in [-0.39, 0.29) is 5.91 Å². The Labute approximate surface area is 169 Å². The highest BCUT2D eigenvalue weighted by molar-refractivity contribution is 7.99. The third kappa shape index (κ3) is 4.72. The number of benzene rings is 2. The quantitative estimate of drug-likeness (QED) is 0.543. The van der Waals surface area contributed by atoms with Crippen molar-refractivity contribution in [2.24, 2.45) is 0 Å². The van der Waals surface area contributed by atoms with Crippen LogP contribution >= 0.6 is 11.8 Å². The highest BCUT2D eigenvalue weighted by Gasteiger charge is 2.16. The van der Waals surface area contributed by atoms with Gasteiger partial charge < -0.3 is 14.2 Å². The first kappa shape index (κ1) is 19.9. The summed E-state index contributed by atoms with van der Waals surface area (Å²) in [6.07, 6.45) is 0. The molecule has 0 N–H and O–H groups in total. The Morgan fingerprint density at radius 1 is 1.11 bits per heavy atom. The van der Waals surface area contributed by atoms with Gasteiger partial charge in [0.1, 0.15) is 5.75 Å². The first-order valence-corrected chi connectivity index (χ1v) is 10.1. The van der Waals surface area contributed by atoms with E-state index in [0.717, 1.165) is 34.4 Å². The van der Waals surface area contributed by atoms with Crippen molar-refractivity contribution < 1.29 is 9.53 Å². The summed E-state index contributed by atoms with van der Waals surface area (Å²) in [5.74, 6) is 1.97. The molecule has 1 aromatic heterocycles. The summed E-state index contributed by atoms with van der Waals surface area (Å²) >= 11 is 1.42. The second kappa shape index (κ2) is 9.41. The van der Waals surface area contributed by atoms with Gasteiger partial charge in [0.25, 0.3) is 0 Å². The molecule has 1 amide bonds. The molecule has 28 heavy (non-hydrogen) atoms. The summed E-state index contributed by atoms with van der Waals surface area (Å²) < 4.78 is 7.23. The van der Waals surface area contributed by atoms with Crippen molar-refractivity contribution >= 4 is 17.7 Å². The van der Waals surface area contributed by atoms with Crippen LogP contribution in [0, 0.1) is 0 Å². The predicted octanol–water partition coefficient (Wildman–Crippen LogP) is 3.72. The van der Waals surface area contributed by atoms with Gasteiger partial charge in [0, 0.05) is 25.7 Å². The van der Waals surface area contributed by atoms with Gasteiger partial charge in [-0.15, -0.1) is 10.2 Å². The standard InChI is InChI=1S/C21H24N4O2S/c1-4-25-20(17-10-12-18(27-3)13-11-17)22-23-21(25)28-15-19(26)24(2)14-16-8-6-5-7-9-16/h5-13H,4,14-15H2,1-3H3. The molecular formula is C21H24N4O2S. The molecule has 0 atom stereocenters. The second-order valence-electron chi connectivity index (χ2n) is 6.30. The summed E-state index contributed by atoms with van der Waals surface area (Å²) in [6, 6.07) is 17.7. The summed E-state index contributed by atoms with van der Waals surface area (Å²) in [4.78, 5) is 14.2. The lowest BCUT2D eigenvalue weighted by Crippen LogP contribution is -2.27. The average Bonchev–Trinajstić information content (AvgIpc) is 3.15. The average molecular weight is 397 g/mol. The monoisotopic (exact) mass is 396 g/mol. The van der Waals surface area contributed by atoms with E-state index in [2.05, 4.69) is 10.2 Å². The fraction of sp³-hybridized carbons (Fsp3) is 0.286. The van der Waals surface area contributed by atoms with Gasteiger partial charge >= 0.3 is 0 Å². The highest BCUT2D eigenvalue weighted by atomic mass is 32.2.